The van der Waals surface area contributed by atoms with Gasteiger partial charge in [0.25, 0.3) is 5.56 Å². The molecule has 1 amide bonds. The molecule has 29 heavy (non-hydrogen) atoms. The predicted molar refractivity (Wildman–Crippen MR) is 111 cm³/mol. The number of amides is 1. The van der Waals surface area contributed by atoms with Crippen molar-refractivity contribution >= 4 is 5.91 Å². The lowest BCUT2D eigenvalue weighted by molar-refractivity contribution is -0.121. The van der Waals surface area contributed by atoms with Crippen LogP contribution in [0.3, 0.4) is 0 Å². The molecular formula is C22H24N4O3. The molecule has 3 rings (SSSR count). The highest BCUT2D eigenvalue weighted by molar-refractivity contribution is 5.79. The summed E-state index contributed by atoms with van der Waals surface area (Å²) in [5.74, 6) is 1.10. The summed E-state index contributed by atoms with van der Waals surface area (Å²) in [6.45, 7) is 3.96. The number of carbonyl (C=O) groups is 1. The fourth-order valence-electron chi connectivity index (χ4n) is 3.02. The Morgan fingerprint density at radius 1 is 1.14 bits per heavy atom. The number of aromatic nitrogens is 3. The van der Waals surface area contributed by atoms with E-state index in [0.29, 0.717) is 11.5 Å². The third kappa shape index (κ3) is 5.28. The molecule has 0 aliphatic carbocycles. The lowest BCUT2D eigenvalue weighted by atomic mass is 9.99. The van der Waals surface area contributed by atoms with Crippen molar-refractivity contribution in [1.29, 1.82) is 0 Å². The van der Waals surface area contributed by atoms with Crippen molar-refractivity contribution in [1.82, 2.24) is 20.3 Å². The van der Waals surface area contributed by atoms with E-state index in [1.165, 1.54) is 6.07 Å². The van der Waals surface area contributed by atoms with Gasteiger partial charge in [-0.05, 0) is 35.7 Å². The second-order valence-corrected chi connectivity index (χ2v) is 7.07. The summed E-state index contributed by atoms with van der Waals surface area (Å²) in [5, 5.41) is 3.02. The summed E-state index contributed by atoms with van der Waals surface area (Å²) in [5.41, 5.74) is 1.89. The van der Waals surface area contributed by atoms with Crippen LogP contribution >= 0.6 is 0 Å². The van der Waals surface area contributed by atoms with Crippen molar-refractivity contribution in [2.75, 3.05) is 7.11 Å². The number of aromatic amines is 1. The minimum atomic E-state index is -0.386. The van der Waals surface area contributed by atoms with Gasteiger partial charge in [0.2, 0.25) is 5.91 Å². The summed E-state index contributed by atoms with van der Waals surface area (Å²) in [6.07, 6.45) is 3.50. The highest BCUT2D eigenvalue weighted by Crippen LogP contribution is 2.21. The maximum absolute atomic E-state index is 12.6. The van der Waals surface area contributed by atoms with Gasteiger partial charge in [-0.3, -0.25) is 14.6 Å². The van der Waals surface area contributed by atoms with Gasteiger partial charge in [-0.15, -0.1) is 0 Å². The molecule has 3 aromatic rings. The van der Waals surface area contributed by atoms with Crippen LogP contribution in [0.5, 0.6) is 5.75 Å². The maximum atomic E-state index is 12.6. The van der Waals surface area contributed by atoms with Crippen molar-refractivity contribution in [3.05, 3.63) is 76.5 Å². The molecule has 1 atom stereocenters. The number of ether oxygens (including phenoxy) is 1. The van der Waals surface area contributed by atoms with Crippen molar-refractivity contribution in [3.8, 4) is 17.1 Å². The molecule has 0 radical (unpaired) electrons. The Hall–Kier alpha value is -3.48. The molecule has 2 N–H and O–H groups in total. The van der Waals surface area contributed by atoms with Crippen molar-refractivity contribution in [3.63, 3.8) is 0 Å². The number of methoxy groups -OCH3 is 1. The first-order valence-corrected chi connectivity index (χ1v) is 9.40. The Bertz CT molecular complexity index is 1010. The Morgan fingerprint density at radius 3 is 2.45 bits per heavy atom. The fourth-order valence-corrected chi connectivity index (χ4v) is 3.02. The van der Waals surface area contributed by atoms with Gasteiger partial charge in [0.05, 0.1) is 25.3 Å². The Kier molecular flexibility index (Phi) is 6.39. The van der Waals surface area contributed by atoms with Gasteiger partial charge in [-0.1, -0.05) is 26.0 Å². The van der Waals surface area contributed by atoms with Crippen LogP contribution in [0.25, 0.3) is 11.4 Å². The minimum absolute atomic E-state index is 0.0504. The van der Waals surface area contributed by atoms with Crippen LogP contribution in [-0.4, -0.2) is 28.0 Å². The number of nitrogens with zero attached hydrogens (tertiary/aromatic N) is 2. The number of rotatable bonds is 7. The van der Waals surface area contributed by atoms with Crippen LogP contribution in [-0.2, 0) is 11.2 Å². The molecule has 2 aromatic heterocycles. The lowest BCUT2D eigenvalue weighted by Crippen LogP contribution is -2.34. The average molecular weight is 392 g/mol. The summed E-state index contributed by atoms with van der Waals surface area (Å²) in [6, 6.07) is 11.9. The molecule has 0 saturated carbocycles. The summed E-state index contributed by atoms with van der Waals surface area (Å²) >= 11 is 0. The molecule has 0 aliphatic heterocycles. The lowest BCUT2D eigenvalue weighted by Gasteiger charge is -2.22. The Morgan fingerprint density at radius 2 is 1.83 bits per heavy atom. The number of H-pyrrole nitrogens is 1. The van der Waals surface area contributed by atoms with Crippen molar-refractivity contribution in [2.45, 2.75) is 26.3 Å². The molecule has 0 saturated heterocycles. The van der Waals surface area contributed by atoms with E-state index in [1.807, 2.05) is 38.1 Å². The van der Waals surface area contributed by atoms with Gasteiger partial charge in [0.1, 0.15) is 11.6 Å². The normalized spacial score (nSPS) is 11.9. The molecule has 1 aromatic carbocycles. The van der Waals surface area contributed by atoms with Gasteiger partial charge in [-0.25, -0.2) is 4.98 Å². The SMILES string of the molecule is COc1ccc(CC(=O)NC(c2cc(=O)[nH]c(-c3ccncc3)n2)C(C)C)cc1. The molecule has 0 spiro atoms. The fraction of sp³-hybridized carbons (Fsp3) is 0.273. The summed E-state index contributed by atoms with van der Waals surface area (Å²) < 4.78 is 5.14. The smallest absolute Gasteiger partial charge is 0.251 e. The highest BCUT2D eigenvalue weighted by atomic mass is 16.5. The second kappa shape index (κ2) is 9.14. The topological polar surface area (TPSA) is 97.0 Å². The van der Waals surface area contributed by atoms with Crippen LogP contribution in [0, 0.1) is 5.92 Å². The van der Waals surface area contributed by atoms with E-state index in [0.717, 1.165) is 16.9 Å². The standard InChI is InChI=1S/C22H24N4O3/c1-14(2)21(25-19(27)12-15-4-6-17(29-3)7-5-15)18-13-20(28)26-22(24-18)16-8-10-23-11-9-16/h4-11,13-14,21H,12H2,1-3H3,(H,25,27)(H,24,26,28). The molecule has 0 fully saturated rings. The first-order chi connectivity index (χ1) is 14.0. The zero-order chi connectivity index (χ0) is 20.8. The molecule has 7 nitrogen and oxygen atoms in total. The minimum Gasteiger partial charge on any atom is -0.497 e. The molecule has 7 heteroatoms. The predicted octanol–water partition coefficient (Wildman–Crippen LogP) is 2.90. The van der Waals surface area contributed by atoms with Crippen molar-refractivity contribution < 1.29 is 9.53 Å². The Labute approximate surface area is 169 Å². The zero-order valence-corrected chi connectivity index (χ0v) is 16.7. The number of nitrogens with one attached hydrogen (secondary N) is 2. The molecule has 0 aliphatic rings. The molecule has 0 bridgehead atoms. The number of benzene rings is 1. The van der Waals surface area contributed by atoms with Gasteiger partial charge >= 0.3 is 0 Å². The van der Waals surface area contributed by atoms with Crippen LogP contribution in [0.4, 0.5) is 0 Å². The summed E-state index contributed by atoms with van der Waals surface area (Å²) in [4.78, 5) is 36.2. The van der Waals surface area contributed by atoms with Gasteiger partial charge in [0.15, 0.2) is 0 Å². The number of hydrogen-bond acceptors (Lipinski definition) is 5. The maximum Gasteiger partial charge on any atom is 0.251 e. The Balaban J connectivity index is 1.81. The van der Waals surface area contributed by atoms with E-state index in [9.17, 15) is 9.59 Å². The van der Waals surface area contributed by atoms with Gasteiger partial charge < -0.3 is 15.0 Å². The first-order valence-electron chi connectivity index (χ1n) is 9.40. The number of hydrogen-bond donors (Lipinski definition) is 2. The number of carbonyl (C=O) groups excluding carboxylic acids is 1. The van der Waals surface area contributed by atoms with Gasteiger partial charge in [-0.2, -0.15) is 0 Å². The van der Waals surface area contributed by atoms with Crippen LogP contribution in [0.15, 0.2) is 59.7 Å². The van der Waals surface area contributed by atoms with Crippen LogP contribution in [0.2, 0.25) is 0 Å². The van der Waals surface area contributed by atoms with Gasteiger partial charge in [0, 0.05) is 24.0 Å². The van der Waals surface area contributed by atoms with Crippen LogP contribution < -0.4 is 15.6 Å². The third-order valence-corrected chi connectivity index (χ3v) is 4.54. The van der Waals surface area contributed by atoms with E-state index in [4.69, 9.17) is 4.74 Å². The second-order valence-electron chi connectivity index (χ2n) is 7.07. The highest BCUT2D eigenvalue weighted by Gasteiger charge is 2.21. The largest absolute Gasteiger partial charge is 0.497 e. The van der Waals surface area contributed by atoms with Crippen LogP contribution in [0.1, 0.15) is 31.1 Å². The quantitative estimate of drug-likeness (QED) is 0.644. The first kappa shape index (κ1) is 20.3. The van der Waals surface area contributed by atoms with E-state index in [1.54, 1.807) is 31.6 Å². The monoisotopic (exact) mass is 392 g/mol. The summed E-state index contributed by atoms with van der Waals surface area (Å²) in [7, 11) is 1.60. The van der Waals surface area contributed by atoms with E-state index in [-0.39, 0.29) is 29.8 Å². The van der Waals surface area contributed by atoms with E-state index >= 15 is 0 Å². The molecule has 150 valence electrons. The van der Waals surface area contributed by atoms with E-state index < -0.39 is 0 Å². The molecular weight excluding hydrogens is 368 g/mol. The average Bonchev–Trinajstić information content (AvgIpc) is 2.72. The number of pyridine rings is 1. The van der Waals surface area contributed by atoms with Crippen molar-refractivity contribution in [2.24, 2.45) is 5.92 Å². The molecule has 1 unspecified atom stereocenters. The third-order valence-electron chi connectivity index (χ3n) is 4.54. The zero-order valence-electron chi connectivity index (χ0n) is 16.7. The molecule has 2 heterocycles. The van der Waals surface area contributed by atoms with E-state index in [2.05, 4.69) is 20.3 Å².